The van der Waals surface area contributed by atoms with Crippen molar-refractivity contribution in [2.24, 2.45) is 0 Å². The summed E-state index contributed by atoms with van der Waals surface area (Å²) in [5.74, 6) is -0.505. The van der Waals surface area contributed by atoms with Gasteiger partial charge in [0.1, 0.15) is 29.9 Å². The molecule has 3 aromatic rings. The molecule has 0 aliphatic carbocycles. The first kappa shape index (κ1) is 24.3. The number of hydrogen-bond acceptors (Lipinski definition) is 6. The summed E-state index contributed by atoms with van der Waals surface area (Å²) in [6.45, 7) is 3.59. The number of furan rings is 1. The first-order valence-electron chi connectivity index (χ1n) is 11.6. The number of aliphatic hydroxyl groups is 1. The van der Waals surface area contributed by atoms with E-state index in [0.717, 1.165) is 17.7 Å². The number of aliphatic hydroxyl groups excluding tert-OH is 1. The van der Waals surface area contributed by atoms with E-state index < -0.39 is 17.7 Å². The van der Waals surface area contributed by atoms with Crippen molar-refractivity contribution in [3.05, 3.63) is 95.0 Å². The highest BCUT2D eigenvalue weighted by atomic mass is 16.5. The van der Waals surface area contributed by atoms with Crippen LogP contribution in [-0.4, -0.2) is 53.8 Å². The molecule has 0 spiro atoms. The van der Waals surface area contributed by atoms with Gasteiger partial charge in [-0.3, -0.25) is 9.59 Å². The number of carbonyl (C=O) groups excluding carboxylic acids is 2. The van der Waals surface area contributed by atoms with E-state index in [-0.39, 0.29) is 11.3 Å². The molecule has 182 valence electrons. The van der Waals surface area contributed by atoms with Gasteiger partial charge in [0.05, 0.1) is 11.8 Å². The molecule has 1 unspecified atom stereocenters. The van der Waals surface area contributed by atoms with Gasteiger partial charge in [-0.25, -0.2) is 0 Å². The monoisotopic (exact) mass is 474 g/mol. The Bertz CT molecular complexity index is 1210. The number of aryl methyl sites for hydroxylation is 1. The molecule has 0 radical (unpaired) electrons. The summed E-state index contributed by atoms with van der Waals surface area (Å²) in [4.78, 5) is 29.4. The fourth-order valence-electron chi connectivity index (χ4n) is 4.21. The molecule has 1 amide bonds. The minimum absolute atomic E-state index is 0.0309. The summed E-state index contributed by atoms with van der Waals surface area (Å²) >= 11 is 0. The number of likely N-dealkylation sites (tertiary alicyclic amines) is 1. The van der Waals surface area contributed by atoms with E-state index in [0.29, 0.717) is 36.6 Å². The van der Waals surface area contributed by atoms with E-state index in [9.17, 15) is 14.7 Å². The van der Waals surface area contributed by atoms with Crippen molar-refractivity contribution in [1.29, 1.82) is 0 Å². The number of Topliss-reactive ketones (excluding diaryl/α,β-unsaturated/α-hetero) is 1. The van der Waals surface area contributed by atoms with Gasteiger partial charge in [0.25, 0.3) is 11.7 Å². The molecule has 7 nitrogen and oxygen atoms in total. The summed E-state index contributed by atoms with van der Waals surface area (Å²) in [6, 6.07) is 17.5. The maximum atomic E-state index is 13.0. The molecule has 7 heteroatoms. The van der Waals surface area contributed by atoms with Crippen molar-refractivity contribution >= 4 is 17.4 Å². The van der Waals surface area contributed by atoms with Crippen molar-refractivity contribution < 1.29 is 23.8 Å². The van der Waals surface area contributed by atoms with Gasteiger partial charge < -0.3 is 24.1 Å². The second kappa shape index (κ2) is 10.6. The van der Waals surface area contributed by atoms with E-state index in [1.54, 1.807) is 36.4 Å². The molecule has 1 atom stereocenters. The normalized spacial score (nSPS) is 17.4. The Morgan fingerprint density at radius 2 is 1.80 bits per heavy atom. The number of amides is 1. The van der Waals surface area contributed by atoms with Gasteiger partial charge in [0, 0.05) is 12.1 Å². The van der Waals surface area contributed by atoms with Crippen LogP contribution in [0.15, 0.2) is 76.9 Å². The van der Waals surface area contributed by atoms with Crippen LogP contribution in [0.3, 0.4) is 0 Å². The van der Waals surface area contributed by atoms with E-state index in [4.69, 9.17) is 9.15 Å². The molecule has 1 aliphatic heterocycles. The van der Waals surface area contributed by atoms with Crippen LogP contribution < -0.4 is 4.74 Å². The van der Waals surface area contributed by atoms with Gasteiger partial charge >= 0.3 is 0 Å². The summed E-state index contributed by atoms with van der Waals surface area (Å²) in [6.07, 6.45) is 2.18. The van der Waals surface area contributed by atoms with Gasteiger partial charge in [-0.2, -0.15) is 0 Å². The molecule has 2 heterocycles. The Kier molecular flexibility index (Phi) is 7.36. The predicted molar refractivity (Wildman–Crippen MR) is 133 cm³/mol. The Labute approximate surface area is 205 Å². The van der Waals surface area contributed by atoms with Crippen LogP contribution in [0, 0.1) is 6.92 Å². The van der Waals surface area contributed by atoms with Gasteiger partial charge in [-0.15, -0.1) is 0 Å². The lowest BCUT2D eigenvalue weighted by Crippen LogP contribution is -2.32. The molecule has 0 bridgehead atoms. The molecule has 0 saturated carbocycles. The minimum atomic E-state index is -0.774. The van der Waals surface area contributed by atoms with Crippen molar-refractivity contribution in [2.45, 2.75) is 26.0 Å². The Morgan fingerprint density at radius 3 is 2.46 bits per heavy atom. The number of rotatable bonds is 9. The summed E-state index contributed by atoms with van der Waals surface area (Å²) < 4.78 is 11.5. The summed E-state index contributed by atoms with van der Waals surface area (Å²) in [5.41, 5.74) is 2.70. The molecule has 1 N–H and O–H groups in total. The minimum Gasteiger partial charge on any atom is -0.507 e. The molecule has 1 aliphatic rings. The lowest BCUT2D eigenvalue weighted by Gasteiger charge is -2.24. The first-order chi connectivity index (χ1) is 16.9. The van der Waals surface area contributed by atoms with Crippen LogP contribution in [0.2, 0.25) is 0 Å². The van der Waals surface area contributed by atoms with Crippen LogP contribution >= 0.6 is 0 Å². The third kappa shape index (κ3) is 5.30. The van der Waals surface area contributed by atoms with Crippen molar-refractivity contribution in [3.8, 4) is 5.75 Å². The average molecular weight is 475 g/mol. The number of ketones is 1. The lowest BCUT2D eigenvalue weighted by atomic mass is 9.99. The standard InChI is InChI=1S/C28H30N2O5/c1-19-8-4-5-9-21(19)18-35-22-13-11-20(12-14-22)26(31)24-25(23-10-6-17-34-23)30(28(33)27(24)32)16-7-15-29(2)3/h4-6,8-14,17,25,31H,7,15-16,18H2,1-3H3/b26-24-. The molecule has 2 aromatic carbocycles. The van der Waals surface area contributed by atoms with Crippen molar-refractivity contribution in [3.63, 3.8) is 0 Å². The summed E-state index contributed by atoms with van der Waals surface area (Å²) in [7, 11) is 3.90. The molecule has 1 saturated heterocycles. The third-order valence-electron chi connectivity index (χ3n) is 6.14. The van der Waals surface area contributed by atoms with E-state index in [1.807, 2.05) is 50.2 Å². The maximum Gasteiger partial charge on any atom is 0.295 e. The highest BCUT2D eigenvalue weighted by Gasteiger charge is 2.47. The fourth-order valence-corrected chi connectivity index (χ4v) is 4.21. The fraction of sp³-hybridized carbons (Fsp3) is 0.286. The van der Waals surface area contributed by atoms with Crippen LogP contribution in [0.5, 0.6) is 5.75 Å². The molecule has 35 heavy (non-hydrogen) atoms. The van der Waals surface area contributed by atoms with Crippen molar-refractivity contribution in [1.82, 2.24) is 9.80 Å². The zero-order valence-electron chi connectivity index (χ0n) is 20.2. The highest BCUT2D eigenvalue weighted by molar-refractivity contribution is 6.46. The zero-order chi connectivity index (χ0) is 24.9. The largest absolute Gasteiger partial charge is 0.507 e. The SMILES string of the molecule is Cc1ccccc1COc1ccc(/C(O)=C2/C(=O)C(=O)N(CCCN(C)C)C2c2ccco2)cc1. The van der Waals surface area contributed by atoms with Crippen molar-refractivity contribution in [2.75, 3.05) is 27.2 Å². The quantitative estimate of drug-likeness (QED) is 0.279. The van der Waals surface area contributed by atoms with Crippen LogP contribution in [-0.2, 0) is 16.2 Å². The number of benzene rings is 2. The van der Waals surface area contributed by atoms with Gasteiger partial charge in [-0.05, 0) is 81.5 Å². The molecular formula is C28H30N2O5. The number of ether oxygens (including phenoxy) is 1. The van der Waals surface area contributed by atoms with Crippen LogP contribution in [0.1, 0.15) is 34.9 Å². The van der Waals surface area contributed by atoms with Gasteiger partial charge in [0.2, 0.25) is 0 Å². The highest BCUT2D eigenvalue weighted by Crippen LogP contribution is 2.39. The smallest absolute Gasteiger partial charge is 0.295 e. The second-order valence-electron chi connectivity index (χ2n) is 8.90. The topological polar surface area (TPSA) is 83.2 Å². The van der Waals surface area contributed by atoms with Gasteiger partial charge in [0.15, 0.2) is 0 Å². The Morgan fingerprint density at radius 1 is 1.06 bits per heavy atom. The van der Waals surface area contributed by atoms with E-state index in [1.165, 1.54) is 11.2 Å². The molecular weight excluding hydrogens is 444 g/mol. The van der Waals surface area contributed by atoms with Crippen LogP contribution in [0.4, 0.5) is 0 Å². The second-order valence-corrected chi connectivity index (χ2v) is 8.90. The Hall–Kier alpha value is -3.84. The lowest BCUT2D eigenvalue weighted by molar-refractivity contribution is -0.140. The zero-order valence-corrected chi connectivity index (χ0v) is 20.2. The summed E-state index contributed by atoms with van der Waals surface area (Å²) in [5, 5.41) is 11.1. The predicted octanol–water partition coefficient (Wildman–Crippen LogP) is 4.54. The maximum absolute atomic E-state index is 13.0. The van der Waals surface area contributed by atoms with Gasteiger partial charge in [-0.1, -0.05) is 24.3 Å². The Balaban J connectivity index is 1.59. The molecule has 1 aromatic heterocycles. The number of carbonyl (C=O) groups is 2. The number of hydrogen-bond donors (Lipinski definition) is 1. The molecule has 1 fully saturated rings. The van der Waals surface area contributed by atoms with Crippen LogP contribution in [0.25, 0.3) is 5.76 Å². The van der Waals surface area contributed by atoms with E-state index in [2.05, 4.69) is 0 Å². The average Bonchev–Trinajstić information content (AvgIpc) is 3.46. The number of nitrogens with zero attached hydrogens (tertiary/aromatic N) is 2. The molecule has 4 rings (SSSR count). The first-order valence-corrected chi connectivity index (χ1v) is 11.6. The van der Waals surface area contributed by atoms with E-state index >= 15 is 0 Å². The third-order valence-corrected chi connectivity index (χ3v) is 6.14.